The van der Waals surface area contributed by atoms with Gasteiger partial charge in [-0.05, 0) is 15.9 Å². The number of nitrogens with zero attached hydrogens (tertiary/aromatic N) is 3. The Morgan fingerprint density at radius 2 is 2.38 bits per heavy atom. The molecule has 0 aliphatic heterocycles. The number of hydrogen-bond donors (Lipinski definition) is 0. The average Bonchev–Trinajstić information content (AvgIpc) is 2.09. The van der Waals surface area contributed by atoms with Gasteiger partial charge in [-0.25, -0.2) is 0 Å². The maximum absolute atomic E-state index is 11.1. The highest BCUT2D eigenvalue weighted by Crippen LogP contribution is 2.17. The number of aromatic nitrogens is 2. The van der Waals surface area contributed by atoms with Gasteiger partial charge in [0.25, 0.3) is 0 Å². The Bertz CT molecular complexity index is 401. The van der Waals surface area contributed by atoms with E-state index in [0.29, 0.717) is 0 Å². The van der Waals surface area contributed by atoms with Gasteiger partial charge in [-0.1, -0.05) is 0 Å². The van der Waals surface area contributed by atoms with Crippen LogP contribution >= 0.6 is 15.9 Å². The van der Waals surface area contributed by atoms with Crippen LogP contribution in [0.1, 0.15) is 0 Å². The first-order valence-electron chi connectivity index (χ1n) is 3.04. The van der Waals surface area contributed by atoms with Crippen molar-refractivity contribution in [2.75, 3.05) is 7.11 Å². The van der Waals surface area contributed by atoms with Crippen LogP contribution in [0.2, 0.25) is 0 Å². The lowest BCUT2D eigenvalue weighted by molar-refractivity contribution is -0.556. The molecule has 0 radical (unpaired) electrons. The van der Waals surface area contributed by atoms with Crippen LogP contribution in [-0.4, -0.2) is 22.0 Å². The van der Waals surface area contributed by atoms with Gasteiger partial charge in [0.05, 0.1) is 22.0 Å². The molecular formula is C5H4BrN3O4. The summed E-state index contributed by atoms with van der Waals surface area (Å²) in [6, 6.07) is 0. The van der Waals surface area contributed by atoms with Crippen LogP contribution in [0.15, 0.2) is 15.5 Å². The van der Waals surface area contributed by atoms with Crippen LogP contribution in [0.4, 0.5) is 0 Å². The maximum atomic E-state index is 11.1. The fourth-order valence-corrected chi connectivity index (χ4v) is 1.09. The normalized spacial score (nSPS) is 9.69. The van der Waals surface area contributed by atoms with Crippen molar-refractivity contribution < 1.29 is 9.77 Å². The zero-order valence-corrected chi connectivity index (χ0v) is 8.02. The van der Waals surface area contributed by atoms with Gasteiger partial charge in [-0.2, -0.15) is 0 Å². The van der Waals surface area contributed by atoms with Crippen molar-refractivity contribution in [2.24, 2.45) is 0 Å². The average molecular weight is 250 g/mol. The first kappa shape index (κ1) is 9.65. The summed E-state index contributed by atoms with van der Waals surface area (Å²) in [7, 11) is 1.33. The molecule has 0 saturated carbocycles. The van der Waals surface area contributed by atoms with Crippen LogP contribution in [0.25, 0.3) is 0 Å². The summed E-state index contributed by atoms with van der Waals surface area (Å²) < 4.78 is 4.69. The molecule has 0 saturated heterocycles. The Labute approximate surface area is 80.2 Å². The highest BCUT2D eigenvalue weighted by Gasteiger charge is 2.15. The summed E-state index contributed by atoms with van der Waals surface area (Å²) in [5.41, 5.74) is -0.871. The molecule has 0 spiro atoms. The zero-order chi connectivity index (χ0) is 10.0. The van der Waals surface area contributed by atoms with E-state index in [1.54, 1.807) is 0 Å². The number of rotatable bonds is 2. The van der Waals surface area contributed by atoms with Crippen molar-refractivity contribution in [1.29, 1.82) is 0 Å². The second-order valence-corrected chi connectivity index (χ2v) is 2.75. The SMILES string of the molecule is COc1cnn([N+](=O)[O-])c(=O)c1Br. The minimum atomic E-state index is -0.924. The van der Waals surface area contributed by atoms with Gasteiger partial charge < -0.3 is 14.9 Å². The van der Waals surface area contributed by atoms with Gasteiger partial charge in [0.15, 0.2) is 5.75 Å². The van der Waals surface area contributed by atoms with E-state index in [-0.39, 0.29) is 15.0 Å². The fourth-order valence-electron chi connectivity index (χ4n) is 0.668. The summed E-state index contributed by atoms with van der Waals surface area (Å²) >= 11 is 2.86. The summed E-state index contributed by atoms with van der Waals surface area (Å²) in [4.78, 5) is 21.5. The van der Waals surface area contributed by atoms with Crippen LogP contribution in [0, 0.1) is 10.1 Å². The molecule has 0 fully saturated rings. The molecule has 0 atom stereocenters. The van der Waals surface area contributed by atoms with Gasteiger partial charge in [-0.3, -0.25) is 4.79 Å². The van der Waals surface area contributed by atoms with E-state index in [1.165, 1.54) is 7.11 Å². The predicted octanol–water partition coefficient (Wildman–Crippen LogP) is 0.0542. The van der Waals surface area contributed by atoms with E-state index in [1.807, 2.05) is 0 Å². The number of nitro groups is 1. The fraction of sp³-hybridized carbons (Fsp3) is 0.200. The van der Waals surface area contributed by atoms with E-state index in [0.717, 1.165) is 6.20 Å². The highest BCUT2D eigenvalue weighted by atomic mass is 79.9. The van der Waals surface area contributed by atoms with E-state index in [2.05, 4.69) is 21.0 Å². The number of methoxy groups -OCH3 is 1. The quantitative estimate of drug-likeness (QED) is 0.546. The van der Waals surface area contributed by atoms with Crippen molar-refractivity contribution >= 4 is 15.9 Å². The summed E-state index contributed by atoms with van der Waals surface area (Å²) in [6.07, 6.45) is 1.08. The van der Waals surface area contributed by atoms with Crippen LogP contribution in [-0.2, 0) is 0 Å². The molecular weight excluding hydrogens is 246 g/mol. The topological polar surface area (TPSA) is 87.3 Å². The van der Waals surface area contributed by atoms with Gasteiger partial charge in [0.1, 0.15) is 4.47 Å². The van der Waals surface area contributed by atoms with Crippen molar-refractivity contribution in [3.05, 3.63) is 31.1 Å². The third-order valence-electron chi connectivity index (χ3n) is 1.24. The van der Waals surface area contributed by atoms with Crippen LogP contribution in [0.3, 0.4) is 0 Å². The van der Waals surface area contributed by atoms with E-state index in [9.17, 15) is 14.9 Å². The summed E-state index contributed by atoms with van der Waals surface area (Å²) in [5.74, 6) is 0.156. The predicted molar refractivity (Wildman–Crippen MR) is 45.1 cm³/mol. The first-order valence-corrected chi connectivity index (χ1v) is 3.83. The molecule has 1 rings (SSSR count). The third kappa shape index (κ3) is 1.66. The Balaban J connectivity index is 3.40. The van der Waals surface area contributed by atoms with Crippen molar-refractivity contribution in [3.8, 4) is 5.75 Å². The minimum absolute atomic E-state index is 0.0262. The number of ether oxygens (including phenoxy) is 1. The second-order valence-electron chi connectivity index (χ2n) is 1.96. The highest BCUT2D eigenvalue weighted by molar-refractivity contribution is 9.10. The molecule has 0 amide bonds. The van der Waals surface area contributed by atoms with Crippen molar-refractivity contribution in [1.82, 2.24) is 9.89 Å². The minimum Gasteiger partial charge on any atom is -0.491 e. The first-order chi connectivity index (χ1) is 6.07. The summed E-state index contributed by atoms with van der Waals surface area (Å²) in [6.45, 7) is 0. The molecule has 0 aliphatic carbocycles. The lowest BCUT2D eigenvalue weighted by Gasteiger charge is -1.99. The second kappa shape index (κ2) is 3.52. The molecule has 1 aromatic heterocycles. The zero-order valence-electron chi connectivity index (χ0n) is 6.43. The molecule has 1 heterocycles. The molecule has 0 aromatic carbocycles. The Morgan fingerprint density at radius 3 is 2.85 bits per heavy atom. The third-order valence-corrected chi connectivity index (χ3v) is 1.97. The van der Waals surface area contributed by atoms with E-state index < -0.39 is 10.6 Å². The maximum Gasteiger partial charge on any atom is 0.351 e. The van der Waals surface area contributed by atoms with Crippen LogP contribution < -0.4 is 10.3 Å². The molecule has 1 aromatic rings. The summed E-state index contributed by atoms with van der Waals surface area (Å²) in [5, 5.41) is 12.6. The van der Waals surface area contributed by atoms with Crippen molar-refractivity contribution in [3.63, 3.8) is 0 Å². The smallest absolute Gasteiger partial charge is 0.351 e. The number of hydrogen-bond acceptors (Lipinski definition) is 5. The standard InChI is InChI=1S/C5H4BrN3O4/c1-13-3-2-7-8(9(11)12)5(10)4(3)6/h2H,1H3. The lowest BCUT2D eigenvalue weighted by Crippen LogP contribution is -2.29. The monoisotopic (exact) mass is 249 g/mol. The van der Waals surface area contributed by atoms with Gasteiger partial charge in [0.2, 0.25) is 6.20 Å². The Morgan fingerprint density at radius 1 is 1.77 bits per heavy atom. The molecule has 7 nitrogen and oxygen atoms in total. The Hall–Kier alpha value is -1.44. The van der Waals surface area contributed by atoms with E-state index in [4.69, 9.17) is 4.74 Å². The van der Waals surface area contributed by atoms with Gasteiger partial charge in [0, 0.05) is 0 Å². The van der Waals surface area contributed by atoms with E-state index >= 15 is 0 Å². The van der Waals surface area contributed by atoms with Crippen LogP contribution in [0.5, 0.6) is 5.75 Å². The molecule has 0 aliphatic rings. The van der Waals surface area contributed by atoms with Gasteiger partial charge in [-0.15, -0.1) is 0 Å². The number of halogens is 1. The molecule has 0 N–H and O–H groups in total. The molecule has 0 unspecified atom stereocenters. The Kier molecular flexibility index (Phi) is 2.61. The largest absolute Gasteiger partial charge is 0.491 e. The molecule has 8 heteroatoms. The van der Waals surface area contributed by atoms with Gasteiger partial charge >= 0.3 is 5.56 Å². The lowest BCUT2D eigenvalue weighted by atomic mass is 10.5. The molecule has 13 heavy (non-hydrogen) atoms. The van der Waals surface area contributed by atoms with Crippen molar-refractivity contribution in [2.45, 2.75) is 0 Å². The molecule has 0 bridgehead atoms. The molecule has 70 valence electrons.